The summed E-state index contributed by atoms with van der Waals surface area (Å²) in [5.41, 5.74) is 0. The molecule has 0 aromatic heterocycles. The molecule has 0 atom stereocenters. The Labute approximate surface area is 65.6 Å². The molecule has 0 unspecified atom stereocenters. The summed E-state index contributed by atoms with van der Waals surface area (Å²) in [5, 5.41) is 1.02. The lowest BCUT2D eigenvalue weighted by molar-refractivity contribution is 0.234. The Morgan fingerprint density at radius 1 is 1.64 bits per heavy atom. The van der Waals surface area contributed by atoms with Gasteiger partial charge in [0.05, 0.1) is 18.2 Å². The Balaban J connectivity index is 2.59. The van der Waals surface area contributed by atoms with E-state index in [4.69, 9.17) is 4.74 Å². The first-order chi connectivity index (χ1) is 5.14. The highest BCUT2D eigenvalue weighted by atomic mass is 32.2. The van der Waals surface area contributed by atoms with Crippen LogP contribution < -0.4 is 0 Å². The minimum absolute atomic E-state index is 0.326. The molecule has 0 aromatic rings. The van der Waals surface area contributed by atoms with Gasteiger partial charge in [-0.25, -0.2) is 0 Å². The predicted octanol–water partition coefficient (Wildman–Crippen LogP) is 0.669. The molecule has 5 heteroatoms. The smallest absolute Gasteiger partial charge is 0.279 e. The summed E-state index contributed by atoms with van der Waals surface area (Å²) in [5.74, 6) is 0.326. The highest BCUT2D eigenvalue weighted by molar-refractivity contribution is 7.93. The largest absolute Gasteiger partial charge is 0.491 e. The van der Waals surface area contributed by atoms with E-state index in [-0.39, 0.29) is 0 Å². The number of allylic oxidation sites excluding steroid dienone is 1. The standard InChI is InChI=1S/C6H9NO3S/c1-2-3-10-6-4-7-11(8,9)5-6/h4-5H,2-3H2,1H3. The van der Waals surface area contributed by atoms with Crippen LogP contribution in [0.15, 0.2) is 15.6 Å². The Hall–Kier alpha value is -0.840. The molecule has 0 bridgehead atoms. The van der Waals surface area contributed by atoms with E-state index >= 15 is 0 Å². The minimum atomic E-state index is -3.34. The van der Waals surface area contributed by atoms with E-state index in [1.807, 2.05) is 6.92 Å². The number of ether oxygens (including phenoxy) is 1. The van der Waals surface area contributed by atoms with Gasteiger partial charge in [-0.05, 0) is 6.42 Å². The van der Waals surface area contributed by atoms with Crippen molar-refractivity contribution in [1.82, 2.24) is 0 Å². The van der Waals surface area contributed by atoms with Crippen LogP contribution in [0.3, 0.4) is 0 Å². The van der Waals surface area contributed by atoms with Crippen molar-refractivity contribution in [2.24, 2.45) is 4.40 Å². The molecule has 0 aromatic carbocycles. The maximum Gasteiger partial charge on any atom is 0.279 e. The first-order valence-corrected chi connectivity index (χ1v) is 4.79. The van der Waals surface area contributed by atoms with Gasteiger partial charge in [0.1, 0.15) is 0 Å². The van der Waals surface area contributed by atoms with E-state index in [9.17, 15) is 8.42 Å². The molecule has 0 radical (unpaired) electrons. The summed E-state index contributed by atoms with van der Waals surface area (Å²) in [6.45, 7) is 2.47. The lowest BCUT2D eigenvalue weighted by Crippen LogP contribution is -1.92. The summed E-state index contributed by atoms with van der Waals surface area (Å²) in [7, 11) is -3.34. The second-order valence-electron chi connectivity index (χ2n) is 2.12. The van der Waals surface area contributed by atoms with E-state index in [1.165, 1.54) is 6.21 Å². The Bertz CT molecular complexity index is 289. The first kappa shape index (κ1) is 8.26. The van der Waals surface area contributed by atoms with Gasteiger partial charge in [0.25, 0.3) is 10.0 Å². The Morgan fingerprint density at radius 3 is 2.82 bits per heavy atom. The number of nitrogens with zero attached hydrogens (tertiary/aromatic N) is 1. The third kappa shape index (κ3) is 2.34. The molecule has 0 saturated carbocycles. The van der Waals surface area contributed by atoms with Gasteiger partial charge < -0.3 is 4.74 Å². The average Bonchev–Trinajstić information content (AvgIpc) is 2.26. The molecule has 1 aliphatic rings. The fourth-order valence-corrected chi connectivity index (χ4v) is 1.36. The zero-order valence-corrected chi connectivity index (χ0v) is 6.97. The van der Waals surface area contributed by atoms with Crippen LogP contribution in [0.4, 0.5) is 0 Å². The highest BCUT2D eigenvalue weighted by Crippen LogP contribution is 2.09. The molecular weight excluding hydrogens is 166 g/mol. The first-order valence-electron chi connectivity index (χ1n) is 3.29. The monoisotopic (exact) mass is 175 g/mol. The predicted molar refractivity (Wildman–Crippen MR) is 41.7 cm³/mol. The zero-order valence-electron chi connectivity index (χ0n) is 6.15. The summed E-state index contributed by atoms with van der Waals surface area (Å²) in [6, 6.07) is 0. The number of sulfonamides is 1. The lowest BCUT2D eigenvalue weighted by atomic mass is 10.5. The van der Waals surface area contributed by atoms with Gasteiger partial charge in [-0.1, -0.05) is 6.92 Å². The number of hydrogen-bond donors (Lipinski definition) is 0. The van der Waals surface area contributed by atoms with Crippen molar-refractivity contribution in [3.8, 4) is 0 Å². The molecule has 0 fully saturated rings. The van der Waals surface area contributed by atoms with E-state index in [0.717, 1.165) is 11.8 Å². The molecule has 0 saturated heterocycles. The molecular formula is C6H9NO3S. The van der Waals surface area contributed by atoms with Crippen molar-refractivity contribution in [3.05, 3.63) is 11.2 Å². The zero-order chi connectivity index (χ0) is 8.32. The maximum atomic E-state index is 10.6. The molecule has 1 aliphatic heterocycles. The SMILES string of the molecule is CCCOC1=CS(=O)(=O)N=C1. The van der Waals surface area contributed by atoms with Crippen molar-refractivity contribution in [2.45, 2.75) is 13.3 Å². The Kier molecular flexibility index (Phi) is 2.28. The summed E-state index contributed by atoms with van der Waals surface area (Å²) in [4.78, 5) is 0. The van der Waals surface area contributed by atoms with Crippen molar-refractivity contribution in [1.29, 1.82) is 0 Å². The molecule has 0 N–H and O–H groups in total. The lowest BCUT2D eigenvalue weighted by Gasteiger charge is -1.98. The molecule has 62 valence electrons. The van der Waals surface area contributed by atoms with E-state index < -0.39 is 10.0 Å². The second kappa shape index (κ2) is 3.04. The van der Waals surface area contributed by atoms with Gasteiger partial charge in [-0.2, -0.15) is 12.8 Å². The second-order valence-corrected chi connectivity index (χ2v) is 3.59. The topological polar surface area (TPSA) is 55.7 Å². The van der Waals surface area contributed by atoms with Gasteiger partial charge in [0.15, 0.2) is 5.76 Å². The van der Waals surface area contributed by atoms with Gasteiger partial charge in [0.2, 0.25) is 0 Å². The third-order valence-electron chi connectivity index (χ3n) is 1.06. The van der Waals surface area contributed by atoms with E-state index in [1.54, 1.807) is 0 Å². The van der Waals surface area contributed by atoms with Gasteiger partial charge in [-0.15, -0.1) is 0 Å². The minimum Gasteiger partial charge on any atom is -0.491 e. The van der Waals surface area contributed by atoms with Crippen LogP contribution in [0.5, 0.6) is 0 Å². The third-order valence-corrected chi connectivity index (χ3v) is 1.99. The van der Waals surface area contributed by atoms with E-state index in [0.29, 0.717) is 12.4 Å². The fourth-order valence-electron chi connectivity index (χ4n) is 0.624. The molecule has 1 rings (SSSR count). The van der Waals surface area contributed by atoms with Crippen molar-refractivity contribution in [3.63, 3.8) is 0 Å². The fraction of sp³-hybridized carbons (Fsp3) is 0.500. The van der Waals surface area contributed by atoms with Crippen LogP contribution in [-0.2, 0) is 14.8 Å². The van der Waals surface area contributed by atoms with Crippen LogP contribution in [0.1, 0.15) is 13.3 Å². The summed E-state index contributed by atoms with van der Waals surface area (Å²) >= 11 is 0. The van der Waals surface area contributed by atoms with Crippen molar-refractivity contribution < 1.29 is 13.2 Å². The van der Waals surface area contributed by atoms with Crippen molar-refractivity contribution >= 4 is 16.2 Å². The Morgan fingerprint density at radius 2 is 2.36 bits per heavy atom. The molecule has 4 nitrogen and oxygen atoms in total. The van der Waals surface area contributed by atoms with Gasteiger partial charge in [-0.3, -0.25) is 0 Å². The summed E-state index contributed by atoms with van der Waals surface area (Å²) < 4.78 is 29.6. The molecule has 11 heavy (non-hydrogen) atoms. The average molecular weight is 175 g/mol. The van der Waals surface area contributed by atoms with Gasteiger partial charge >= 0.3 is 0 Å². The number of rotatable bonds is 3. The normalized spacial score (nSPS) is 19.9. The van der Waals surface area contributed by atoms with Gasteiger partial charge in [0, 0.05) is 0 Å². The van der Waals surface area contributed by atoms with Crippen LogP contribution >= 0.6 is 0 Å². The van der Waals surface area contributed by atoms with Crippen LogP contribution in [0, 0.1) is 0 Å². The molecule has 0 spiro atoms. The molecule has 0 aliphatic carbocycles. The maximum absolute atomic E-state index is 10.6. The number of hydrogen-bond acceptors (Lipinski definition) is 3. The van der Waals surface area contributed by atoms with Crippen LogP contribution in [-0.4, -0.2) is 21.2 Å². The molecule has 1 heterocycles. The highest BCUT2D eigenvalue weighted by Gasteiger charge is 2.12. The summed E-state index contributed by atoms with van der Waals surface area (Å²) in [6.07, 6.45) is 2.07. The van der Waals surface area contributed by atoms with Crippen LogP contribution in [0.25, 0.3) is 0 Å². The quantitative estimate of drug-likeness (QED) is 0.633. The van der Waals surface area contributed by atoms with E-state index in [2.05, 4.69) is 4.40 Å². The molecule has 0 amide bonds. The van der Waals surface area contributed by atoms with Crippen LogP contribution in [0.2, 0.25) is 0 Å². The van der Waals surface area contributed by atoms with Crippen molar-refractivity contribution in [2.75, 3.05) is 6.61 Å².